The van der Waals surface area contributed by atoms with Crippen LogP contribution in [0.1, 0.15) is 57.8 Å². The smallest absolute Gasteiger partial charge is 0.307 e. The van der Waals surface area contributed by atoms with Crippen LogP contribution < -0.4 is 5.32 Å². The molecule has 1 heterocycles. The predicted octanol–water partition coefficient (Wildman–Crippen LogP) is 2.48. The molecule has 2 unspecified atom stereocenters. The van der Waals surface area contributed by atoms with Gasteiger partial charge in [-0.1, -0.05) is 25.7 Å². The van der Waals surface area contributed by atoms with Crippen molar-refractivity contribution in [2.45, 2.75) is 69.9 Å². The van der Waals surface area contributed by atoms with Crippen molar-refractivity contribution in [1.82, 2.24) is 10.2 Å². The number of aliphatic carboxylic acids is 1. The molecule has 3 aliphatic rings. The molecule has 2 N–H and O–H groups in total. The van der Waals surface area contributed by atoms with E-state index in [4.69, 9.17) is 0 Å². The Hall–Kier alpha value is -0.610. The van der Waals surface area contributed by atoms with Gasteiger partial charge in [0.1, 0.15) is 0 Å². The molecule has 2 atom stereocenters. The molecule has 2 saturated carbocycles. The summed E-state index contributed by atoms with van der Waals surface area (Å²) >= 11 is 0. The molecular weight excluding hydrogens is 264 g/mol. The van der Waals surface area contributed by atoms with Gasteiger partial charge in [-0.25, -0.2) is 0 Å². The van der Waals surface area contributed by atoms with Gasteiger partial charge in [0.15, 0.2) is 0 Å². The zero-order valence-corrected chi connectivity index (χ0v) is 13.1. The summed E-state index contributed by atoms with van der Waals surface area (Å²) in [6.45, 7) is 2.93. The third-order valence-electron chi connectivity index (χ3n) is 5.69. The largest absolute Gasteiger partial charge is 0.481 e. The van der Waals surface area contributed by atoms with Gasteiger partial charge in [-0.2, -0.15) is 0 Å². The number of carbonyl (C=O) groups is 1. The van der Waals surface area contributed by atoms with Crippen LogP contribution in [0.5, 0.6) is 0 Å². The van der Waals surface area contributed by atoms with E-state index in [9.17, 15) is 9.90 Å². The Morgan fingerprint density at radius 2 is 1.76 bits per heavy atom. The van der Waals surface area contributed by atoms with E-state index in [1.165, 1.54) is 51.4 Å². The summed E-state index contributed by atoms with van der Waals surface area (Å²) in [5.41, 5.74) is 0. The van der Waals surface area contributed by atoms with Crippen LogP contribution in [0.25, 0.3) is 0 Å². The predicted molar refractivity (Wildman–Crippen MR) is 83.3 cm³/mol. The van der Waals surface area contributed by atoms with Crippen LogP contribution in [0, 0.1) is 11.8 Å². The molecule has 0 radical (unpaired) electrons. The number of rotatable bonds is 5. The van der Waals surface area contributed by atoms with Gasteiger partial charge < -0.3 is 15.3 Å². The van der Waals surface area contributed by atoms with E-state index < -0.39 is 5.97 Å². The van der Waals surface area contributed by atoms with Crippen molar-refractivity contribution in [3.05, 3.63) is 0 Å². The highest BCUT2D eigenvalue weighted by Gasteiger charge is 2.34. The van der Waals surface area contributed by atoms with Crippen LogP contribution in [-0.2, 0) is 4.79 Å². The first-order valence-corrected chi connectivity index (χ1v) is 8.92. The zero-order valence-electron chi connectivity index (χ0n) is 13.1. The molecule has 0 spiro atoms. The number of carboxylic acids is 1. The number of carboxylic acid groups (broad SMARTS) is 1. The molecule has 4 heteroatoms. The van der Waals surface area contributed by atoms with Gasteiger partial charge in [0.05, 0.1) is 5.92 Å². The summed E-state index contributed by atoms with van der Waals surface area (Å²) in [6, 6.07) is 1.00. The Morgan fingerprint density at radius 1 is 1.00 bits per heavy atom. The topological polar surface area (TPSA) is 52.6 Å². The van der Waals surface area contributed by atoms with Crippen LogP contribution in [-0.4, -0.2) is 47.7 Å². The van der Waals surface area contributed by atoms with Crippen molar-refractivity contribution >= 4 is 5.97 Å². The van der Waals surface area contributed by atoms with Crippen molar-refractivity contribution in [3.63, 3.8) is 0 Å². The number of likely N-dealkylation sites (tertiary alicyclic amines) is 1. The van der Waals surface area contributed by atoms with E-state index >= 15 is 0 Å². The second kappa shape index (κ2) is 7.10. The van der Waals surface area contributed by atoms with E-state index in [-0.39, 0.29) is 5.92 Å². The molecule has 0 amide bonds. The average Bonchev–Trinajstić information content (AvgIpc) is 2.44. The first-order chi connectivity index (χ1) is 10.2. The fourth-order valence-corrected chi connectivity index (χ4v) is 4.28. The van der Waals surface area contributed by atoms with E-state index in [0.717, 1.165) is 32.0 Å². The van der Waals surface area contributed by atoms with Crippen LogP contribution >= 0.6 is 0 Å². The zero-order chi connectivity index (χ0) is 14.7. The summed E-state index contributed by atoms with van der Waals surface area (Å²) in [4.78, 5) is 13.9. The molecule has 3 fully saturated rings. The average molecular weight is 294 g/mol. The first kappa shape index (κ1) is 15.3. The lowest BCUT2D eigenvalue weighted by Gasteiger charge is -2.41. The normalized spacial score (nSPS) is 32.8. The fourth-order valence-electron chi connectivity index (χ4n) is 4.28. The Morgan fingerprint density at radius 3 is 2.38 bits per heavy atom. The number of hydrogen-bond acceptors (Lipinski definition) is 3. The van der Waals surface area contributed by atoms with Crippen LogP contribution in [0.4, 0.5) is 0 Å². The van der Waals surface area contributed by atoms with Gasteiger partial charge in [0.2, 0.25) is 0 Å². The molecule has 1 aliphatic heterocycles. The summed E-state index contributed by atoms with van der Waals surface area (Å²) in [5, 5.41) is 13.2. The van der Waals surface area contributed by atoms with Crippen molar-refractivity contribution in [2.75, 3.05) is 19.6 Å². The summed E-state index contributed by atoms with van der Waals surface area (Å²) in [6.07, 6.45) is 11.4. The number of nitrogens with one attached hydrogen (secondary N) is 1. The Balaban J connectivity index is 1.54. The molecule has 0 aromatic rings. The van der Waals surface area contributed by atoms with Crippen molar-refractivity contribution in [1.29, 1.82) is 0 Å². The molecule has 0 aromatic heterocycles. The maximum Gasteiger partial charge on any atom is 0.307 e. The molecular formula is C17H30N2O2. The van der Waals surface area contributed by atoms with Crippen molar-refractivity contribution < 1.29 is 9.90 Å². The van der Waals surface area contributed by atoms with Crippen molar-refractivity contribution in [2.24, 2.45) is 11.8 Å². The number of piperidine rings is 1. The quantitative estimate of drug-likeness (QED) is 0.818. The summed E-state index contributed by atoms with van der Waals surface area (Å²) in [5.74, 6) is 0.0385. The first-order valence-electron chi connectivity index (χ1n) is 8.92. The minimum Gasteiger partial charge on any atom is -0.481 e. The van der Waals surface area contributed by atoms with Crippen molar-refractivity contribution in [3.8, 4) is 0 Å². The van der Waals surface area contributed by atoms with Gasteiger partial charge in [-0.3, -0.25) is 4.79 Å². The van der Waals surface area contributed by atoms with E-state index in [1.54, 1.807) is 0 Å². The molecule has 0 bridgehead atoms. The maximum atomic E-state index is 11.5. The third-order valence-corrected chi connectivity index (χ3v) is 5.69. The standard InChI is InChI=1S/C17H30N2O2/c20-17(21)14-9-16(18-15-7-2-1-3-8-15)12-19(11-14)10-13-5-4-6-13/h13-16,18H,1-12H2,(H,20,21). The third kappa shape index (κ3) is 4.19. The monoisotopic (exact) mass is 294 g/mol. The van der Waals surface area contributed by atoms with E-state index in [0.29, 0.717) is 12.1 Å². The minimum absolute atomic E-state index is 0.181. The lowest BCUT2D eigenvalue weighted by Crippen LogP contribution is -2.54. The van der Waals surface area contributed by atoms with Gasteiger partial charge in [0.25, 0.3) is 0 Å². The van der Waals surface area contributed by atoms with Crippen LogP contribution in [0.2, 0.25) is 0 Å². The van der Waals surface area contributed by atoms with E-state index in [1.807, 2.05) is 0 Å². The molecule has 2 aliphatic carbocycles. The Bertz CT molecular complexity index is 351. The highest BCUT2D eigenvalue weighted by molar-refractivity contribution is 5.70. The second-order valence-electron chi connectivity index (χ2n) is 7.48. The minimum atomic E-state index is -0.608. The number of nitrogens with zero attached hydrogens (tertiary/aromatic N) is 1. The Kier molecular flexibility index (Phi) is 5.17. The molecule has 1 saturated heterocycles. The molecule has 0 aromatic carbocycles. The summed E-state index contributed by atoms with van der Waals surface area (Å²) < 4.78 is 0. The van der Waals surface area contributed by atoms with Gasteiger partial charge in [0, 0.05) is 31.7 Å². The highest BCUT2D eigenvalue weighted by Crippen LogP contribution is 2.29. The maximum absolute atomic E-state index is 11.5. The lowest BCUT2D eigenvalue weighted by molar-refractivity contribution is -0.144. The van der Waals surface area contributed by atoms with Gasteiger partial charge in [-0.15, -0.1) is 0 Å². The van der Waals surface area contributed by atoms with Gasteiger partial charge in [-0.05, 0) is 38.0 Å². The molecule has 4 nitrogen and oxygen atoms in total. The highest BCUT2D eigenvalue weighted by atomic mass is 16.4. The van der Waals surface area contributed by atoms with Crippen LogP contribution in [0.3, 0.4) is 0 Å². The molecule has 21 heavy (non-hydrogen) atoms. The van der Waals surface area contributed by atoms with Crippen LogP contribution in [0.15, 0.2) is 0 Å². The SMILES string of the molecule is O=C(O)C1CC(NC2CCCCC2)CN(CC2CCC2)C1. The molecule has 3 rings (SSSR count). The fraction of sp³-hybridized carbons (Fsp3) is 0.941. The number of hydrogen-bond donors (Lipinski definition) is 2. The molecule has 120 valence electrons. The Labute approximate surface area is 128 Å². The summed E-state index contributed by atoms with van der Waals surface area (Å²) in [7, 11) is 0. The van der Waals surface area contributed by atoms with Gasteiger partial charge >= 0.3 is 5.97 Å². The second-order valence-corrected chi connectivity index (χ2v) is 7.48. The van der Waals surface area contributed by atoms with E-state index in [2.05, 4.69) is 10.2 Å². The lowest BCUT2D eigenvalue weighted by atomic mass is 9.83.